The van der Waals surface area contributed by atoms with E-state index in [2.05, 4.69) is 16.2 Å². The summed E-state index contributed by atoms with van der Waals surface area (Å²) >= 11 is 6.30. The molecule has 1 amide bonds. The van der Waals surface area contributed by atoms with Gasteiger partial charge in [0.1, 0.15) is 4.21 Å². The van der Waals surface area contributed by atoms with Gasteiger partial charge in [0, 0.05) is 18.6 Å². The van der Waals surface area contributed by atoms with Gasteiger partial charge in [-0.1, -0.05) is 6.07 Å². The number of thiophene rings is 1. The lowest BCUT2D eigenvalue weighted by Gasteiger charge is -2.31. The van der Waals surface area contributed by atoms with Gasteiger partial charge < -0.3 is 5.32 Å². The number of sulfonamides is 1. The topological polar surface area (TPSA) is 90.5 Å². The van der Waals surface area contributed by atoms with Crippen molar-refractivity contribution in [1.29, 1.82) is 0 Å². The molecule has 0 aromatic carbocycles. The van der Waals surface area contributed by atoms with Crippen molar-refractivity contribution in [3.63, 3.8) is 0 Å². The fourth-order valence-corrected chi connectivity index (χ4v) is 5.53. The Bertz CT molecular complexity index is 711. The summed E-state index contributed by atoms with van der Waals surface area (Å²) in [6, 6.07) is 3.29. The van der Waals surface area contributed by atoms with Gasteiger partial charge in [0.15, 0.2) is 5.11 Å². The predicted molar refractivity (Wildman–Crippen MR) is 103 cm³/mol. The first-order chi connectivity index (χ1) is 11.6. The quantitative estimate of drug-likeness (QED) is 0.522. The van der Waals surface area contributed by atoms with Gasteiger partial charge in [0.05, 0.1) is 5.92 Å². The first-order valence-electron chi connectivity index (χ1n) is 8.01. The van der Waals surface area contributed by atoms with Crippen LogP contribution in [-0.4, -0.2) is 42.4 Å². The third kappa shape index (κ3) is 5.63. The number of thiocarbonyl (C=S) groups is 1. The molecule has 1 aromatic rings. The molecule has 0 saturated carbocycles. The second-order valence-electron chi connectivity index (χ2n) is 6.95. The smallest absolute Gasteiger partial charge is 0.252 e. The van der Waals surface area contributed by atoms with Crippen LogP contribution in [0.3, 0.4) is 0 Å². The summed E-state index contributed by atoms with van der Waals surface area (Å²) in [5, 5.41) is 5.08. The maximum absolute atomic E-state index is 12.6. The van der Waals surface area contributed by atoms with Crippen molar-refractivity contribution in [1.82, 2.24) is 20.5 Å². The lowest BCUT2D eigenvalue weighted by Crippen LogP contribution is -2.54. The Balaban J connectivity index is 1.92. The zero-order valence-electron chi connectivity index (χ0n) is 14.5. The third-order valence-corrected chi connectivity index (χ3v) is 7.07. The summed E-state index contributed by atoms with van der Waals surface area (Å²) in [6.45, 7) is 6.47. The Hall–Kier alpha value is -1.23. The Morgan fingerprint density at radius 1 is 1.36 bits per heavy atom. The lowest BCUT2D eigenvalue weighted by atomic mass is 9.99. The van der Waals surface area contributed by atoms with E-state index in [1.54, 1.807) is 17.5 Å². The standard InChI is InChI=1S/C15H24N4O3S3/c1-15(2,3)16-14(23)18-17-13(20)11-6-4-8-19(10-11)25(21,22)12-7-5-9-24-12/h5,7,9,11H,4,6,8,10H2,1-3H3,(H,17,20)(H2,16,18,23)/t11-/m0/s1. The lowest BCUT2D eigenvalue weighted by molar-refractivity contribution is -0.126. The van der Waals surface area contributed by atoms with E-state index in [0.29, 0.717) is 28.7 Å². The molecule has 0 unspecified atom stereocenters. The molecule has 1 aliphatic heterocycles. The summed E-state index contributed by atoms with van der Waals surface area (Å²) in [5.41, 5.74) is 5.03. The third-order valence-electron chi connectivity index (χ3n) is 3.63. The molecule has 25 heavy (non-hydrogen) atoms. The van der Waals surface area contributed by atoms with Gasteiger partial charge in [-0.2, -0.15) is 4.31 Å². The van der Waals surface area contributed by atoms with E-state index in [1.807, 2.05) is 20.8 Å². The number of hydrogen-bond acceptors (Lipinski definition) is 5. The van der Waals surface area contributed by atoms with Crippen LogP contribution in [0.25, 0.3) is 0 Å². The fourth-order valence-electron chi connectivity index (χ4n) is 2.50. The molecule has 1 aromatic heterocycles. The van der Waals surface area contributed by atoms with Gasteiger partial charge in [-0.3, -0.25) is 15.6 Å². The molecule has 140 valence electrons. The molecular weight excluding hydrogens is 380 g/mol. The minimum absolute atomic E-state index is 0.174. The number of hydrazine groups is 1. The van der Waals surface area contributed by atoms with E-state index < -0.39 is 15.9 Å². The van der Waals surface area contributed by atoms with Crippen molar-refractivity contribution in [2.24, 2.45) is 5.92 Å². The number of carbonyl (C=O) groups excluding carboxylic acids is 1. The summed E-state index contributed by atoms with van der Waals surface area (Å²) in [7, 11) is -3.53. The van der Waals surface area contributed by atoms with Gasteiger partial charge >= 0.3 is 0 Å². The molecule has 1 aliphatic rings. The van der Waals surface area contributed by atoms with Crippen LogP contribution in [0.15, 0.2) is 21.7 Å². The number of nitrogens with zero attached hydrogens (tertiary/aromatic N) is 1. The highest BCUT2D eigenvalue weighted by molar-refractivity contribution is 7.91. The minimum Gasteiger partial charge on any atom is -0.357 e. The van der Waals surface area contributed by atoms with Crippen LogP contribution in [-0.2, 0) is 14.8 Å². The number of carbonyl (C=O) groups is 1. The Morgan fingerprint density at radius 3 is 2.68 bits per heavy atom. The molecule has 10 heteroatoms. The van der Waals surface area contributed by atoms with Gasteiger partial charge in [-0.15, -0.1) is 11.3 Å². The van der Waals surface area contributed by atoms with Gasteiger partial charge in [-0.25, -0.2) is 8.42 Å². The van der Waals surface area contributed by atoms with Crippen LogP contribution >= 0.6 is 23.6 Å². The zero-order valence-corrected chi connectivity index (χ0v) is 17.0. The highest BCUT2D eigenvalue weighted by atomic mass is 32.2. The average Bonchev–Trinajstić information content (AvgIpc) is 3.06. The second kappa shape index (κ2) is 7.98. The minimum atomic E-state index is -3.53. The van der Waals surface area contributed by atoms with Crippen LogP contribution in [0.1, 0.15) is 33.6 Å². The molecule has 1 saturated heterocycles. The molecule has 1 atom stereocenters. The summed E-state index contributed by atoms with van der Waals surface area (Å²) in [6.07, 6.45) is 1.29. The number of hydrogen-bond donors (Lipinski definition) is 3. The number of nitrogens with one attached hydrogen (secondary N) is 3. The summed E-state index contributed by atoms with van der Waals surface area (Å²) < 4.78 is 26.9. The normalized spacial score (nSPS) is 19.2. The highest BCUT2D eigenvalue weighted by Crippen LogP contribution is 2.26. The van der Waals surface area contributed by atoms with Crippen LogP contribution in [0.5, 0.6) is 0 Å². The van der Waals surface area contributed by atoms with Crippen molar-refractivity contribution in [2.45, 2.75) is 43.4 Å². The SMILES string of the molecule is CC(C)(C)NC(=S)NNC(=O)[C@H]1CCCN(S(=O)(=O)c2cccs2)C1. The van der Waals surface area contributed by atoms with Crippen molar-refractivity contribution in [3.05, 3.63) is 17.5 Å². The van der Waals surface area contributed by atoms with Gasteiger partial charge in [0.25, 0.3) is 10.0 Å². The Labute approximate surface area is 158 Å². The largest absolute Gasteiger partial charge is 0.357 e. The first-order valence-corrected chi connectivity index (χ1v) is 10.7. The van der Waals surface area contributed by atoms with Gasteiger partial charge in [0.2, 0.25) is 5.91 Å². The van der Waals surface area contributed by atoms with E-state index in [4.69, 9.17) is 12.2 Å². The maximum atomic E-state index is 12.6. The number of piperidine rings is 1. The molecule has 0 bridgehead atoms. The number of rotatable bonds is 3. The molecule has 1 fully saturated rings. The van der Waals surface area contributed by atoms with E-state index >= 15 is 0 Å². The molecular formula is C15H24N4O3S3. The molecule has 0 aliphatic carbocycles. The summed E-state index contributed by atoms with van der Waals surface area (Å²) in [5.74, 6) is -0.669. The van der Waals surface area contributed by atoms with Crippen LogP contribution in [0.2, 0.25) is 0 Å². The van der Waals surface area contributed by atoms with Crippen molar-refractivity contribution in [2.75, 3.05) is 13.1 Å². The Morgan fingerprint density at radius 2 is 2.08 bits per heavy atom. The molecule has 0 radical (unpaired) electrons. The van der Waals surface area contributed by atoms with E-state index in [0.717, 1.165) is 0 Å². The van der Waals surface area contributed by atoms with E-state index in [1.165, 1.54) is 15.6 Å². The van der Waals surface area contributed by atoms with Crippen LogP contribution < -0.4 is 16.2 Å². The van der Waals surface area contributed by atoms with Gasteiger partial charge in [-0.05, 0) is 57.3 Å². The van der Waals surface area contributed by atoms with Crippen molar-refractivity contribution in [3.8, 4) is 0 Å². The first kappa shape index (κ1) is 20.1. The second-order valence-corrected chi connectivity index (χ2v) is 10.5. The predicted octanol–water partition coefficient (Wildman–Crippen LogP) is 1.44. The van der Waals surface area contributed by atoms with Crippen LogP contribution in [0.4, 0.5) is 0 Å². The maximum Gasteiger partial charge on any atom is 0.252 e. The summed E-state index contributed by atoms with van der Waals surface area (Å²) in [4.78, 5) is 12.3. The van der Waals surface area contributed by atoms with Crippen molar-refractivity contribution >= 4 is 44.6 Å². The fraction of sp³-hybridized carbons (Fsp3) is 0.600. The zero-order chi connectivity index (χ0) is 18.7. The molecule has 0 spiro atoms. The number of amides is 1. The molecule has 3 N–H and O–H groups in total. The Kier molecular flexibility index (Phi) is 6.41. The molecule has 2 heterocycles. The van der Waals surface area contributed by atoms with Crippen molar-refractivity contribution < 1.29 is 13.2 Å². The highest BCUT2D eigenvalue weighted by Gasteiger charge is 2.33. The molecule has 7 nitrogen and oxygen atoms in total. The van der Waals surface area contributed by atoms with E-state index in [-0.39, 0.29) is 18.0 Å². The monoisotopic (exact) mass is 404 g/mol. The van der Waals surface area contributed by atoms with Crippen LogP contribution in [0, 0.1) is 5.92 Å². The van der Waals surface area contributed by atoms with E-state index in [9.17, 15) is 13.2 Å². The molecule has 2 rings (SSSR count). The average molecular weight is 405 g/mol.